The van der Waals surface area contributed by atoms with E-state index >= 15 is 0 Å². The third-order valence-corrected chi connectivity index (χ3v) is 5.89. The van der Waals surface area contributed by atoms with E-state index in [4.69, 9.17) is 9.47 Å². The fourth-order valence-corrected chi connectivity index (χ4v) is 3.95. The van der Waals surface area contributed by atoms with E-state index < -0.39 is 12.2 Å². The second kappa shape index (κ2) is 20.4. The van der Waals surface area contributed by atoms with Crippen LogP contribution >= 0.6 is 31.9 Å². The smallest absolute Gasteiger partial charge is 1.00 e. The Hall–Kier alpha value is -0.00377. The normalized spacial score (nSPS) is 13.2. The Morgan fingerprint density at radius 1 is 0.969 bits per heavy atom. The first-order chi connectivity index (χ1) is 13.8. The molecule has 2 N–H and O–H groups in total. The SMILES string of the molecule is C1CCOC1.CC(O)c1cccc(C(C)O)c1Br.COc1cccc(C=O)c1Br.[Br-].[CH3-].[Mg+2]. The van der Waals surface area contributed by atoms with Crippen molar-refractivity contribution in [2.24, 2.45) is 0 Å². The molecular formula is C23H31Br3MgO5. The van der Waals surface area contributed by atoms with Crippen LogP contribution in [0, 0.1) is 7.43 Å². The van der Waals surface area contributed by atoms with Gasteiger partial charge in [-0.05, 0) is 59.8 Å². The van der Waals surface area contributed by atoms with Crippen LogP contribution in [-0.2, 0) is 4.74 Å². The number of benzene rings is 2. The van der Waals surface area contributed by atoms with Crippen molar-refractivity contribution in [3.63, 3.8) is 0 Å². The molecule has 9 heteroatoms. The van der Waals surface area contributed by atoms with Gasteiger partial charge < -0.3 is 44.1 Å². The summed E-state index contributed by atoms with van der Waals surface area (Å²) in [5.74, 6) is 0.676. The molecule has 1 heterocycles. The number of carbonyl (C=O) groups excluding carboxylic acids is 1. The molecule has 0 amide bonds. The minimum Gasteiger partial charge on any atom is -1.00 e. The molecule has 5 nitrogen and oxygen atoms in total. The molecule has 0 bridgehead atoms. The summed E-state index contributed by atoms with van der Waals surface area (Å²) in [7, 11) is 1.56. The maximum atomic E-state index is 10.4. The summed E-state index contributed by atoms with van der Waals surface area (Å²) in [5, 5.41) is 18.8. The first-order valence-electron chi connectivity index (χ1n) is 9.33. The Morgan fingerprint density at radius 3 is 1.78 bits per heavy atom. The van der Waals surface area contributed by atoms with Crippen LogP contribution in [-0.4, -0.2) is 59.9 Å². The first kappa shape index (κ1) is 36.6. The molecule has 0 radical (unpaired) electrons. The zero-order valence-electron chi connectivity index (χ0n) is 19.0. The molecule has 176 valence electrons. The van der Waals surface area contributed by atoms with E-state index in [0.717, 1.165) is 35.1 Å². The van der Waals surface area contributed by atoms with Gasteiger partial charge in [-0.2, -0.15) is 0 Å². The van der Waals surface area contributed by atoms with Crippen LogP contribution < -0.4 is 21.7 Å². The third kappa shape index (κ3) is 12.5. The molecule has 2 aromatic carbocycles. The molecule has 0 saturated carbocycles. The van der Waals surface area contributed by atoms with E-state index in [2.05, 4.69) is 31.9 Å². The number of rotatable bonds is 4. The fourth-order valence-electron chi connectivity index (χ4n) is 2.50. The Balaban J connectivity index is -0.000000404. The first-order valence-corrected chi connectivity index (χ1v) is 10.9. The summed E-state index contributed by atoms with van der Waals surface area (Å²) in [4.78, 5) is 10.4. The maximum Gasteiger partial charge on any atom is 2.00 e. The second-order valence-electron chi connectivity index (χ2n) is 6.40. The number of hydrogen-bond donors (Lipinski definition) is 2. The maximum absolute atomic E-state index is 10.4. The average Bonchev–Trinajstić information content (AvgIpc) is 3.28. The molecule has 1 fully saturated rings. The number of aliphatic hydroxyl groups is 2. The summed E-state index contributed by atoms with van der Waals surface area (Å²) in [5.41, 5.74) is 2.21. The summed E-state index contributed by atoms with van der Waals surface area (Å²) in [6.45, 7) is 5.40. The Bertz CT molecular complexity index is 735. The van der Waals surface area contributed by atoms with E-state index in [1.165, 1.54) is 12.8 Å². The zero-order chi connectivity index (χ0) is 21.8. The molecule has 3 rings (SSSR count). The number of aliphatic hydroxyl groups excluding tert-OH is 2. The number of methoxy groups -OCH3 is 1. The summed E-state index contributed by atoms with van der Waals surface area (Å²) >= 11 is 6.61. The van der Waals surface area contributed by atoms with Crippen molar-refractivity contribution in [2.75, 3.05) is 20.3 Å². The minimum absolute atomic E-state index is 0. The largest absolute Gasteiger partial charge is 2.00 e. The van der Waals surface area contributed by atoms with Gasteiger partial charge in [0.05, 0.1) is 23.8 Å². The van der Waals surface area contributed by atoms with Crippen molar-refractivity contribution >= 4 is 61.2 Å². The summed E-state index contributed by atoms with van der Waals surface area (Å²) in [6.07, 6.45) is 2.30. The van der Waals surface area contributed by atoms with Gasteiger partial charge >= 0.3 is 23.1 Å². The second-order valence-corrected chi connectivity index (χ2v) is 7.99. The molecule has 32 heavy (non-hydrogen) atoms. The quantitative estimate of drug-likeness (QED) is 0.303. The van der Waals surface area contributed by atoms with Crippen LogP contribution in [0.2, 0.25) is 0 Å². The van der Waals surface area contributed by atoms with Crippen LogP contribution in [0.3, 0.4) is 0 Å². The van der Waals surface area contributed by atoms with E-state index in [1.54, 1.807) is 39.2 Å². The minimum atomic E-state index is -0.520. The summed E-state index contributed by atoms with van der Waals surface area (Å²) in [6, 6.07) is 10.8. The van der Waals surface area contributed by atoms with Crippen molar-refractivity contribution in [1.29, 1.82) is 0 Å². The number of aldehydes is 1. The van der Waals surface area contributed by atoms with Crippen molar-refractivity contribution in [3.8, 4) is 5.75 Å². The molecule has 0 spiro atoms. The van der Waals surface area contributed by atoms with Gasteiger partial charge in [0.2, 0.25) is 0 Å². The summed E-state index contributed by atoms with van der Waals surface area (Å²) < 4.78 is 11.4. The zero-order valence-corrected chi connectivity index (χ0v) is 25.2. The van der Waals surface area contributed by atoms with Gasteiger partial charge in [-0.1, -0.05) is 46.3 Å². The Morgan fingerprint density at radius 2 is 1.44 bits per heavy atom. The third-order valence-electron chi connectivity index (χ3n) is 4.13. The van der Waals surface area contributed by atoms with Crippen molar-refractivity contribution in [1.82, 2.24) is 0 Å². The van der Waals surface area contributed by atoms with Gasteiger partial charge in [-0.25, -0.2) is 0 Å². The molecule has 0 aliphatic carbocycles. The molecule has 0 aromatic heterocycles. The standard InChI is InChI=1S/C10H13BrO2.C8H7BrO2.C4H8O.CH3.BrH.Mg/c1-6(12)8-4-3-5-9(7(2)13)10(8)11;1-11-7-4-2-3-6(5-10)8(7)9;1-2-4-5-3-1;;;/h3-7,12-13H,1-2H3;2-5H,1H3;1-4H2;1H3;1H;/q;;;-1;;+2/p-1. The van der Waals surface area contributed by atoms with Crippen LogP contribution in [0.1, 0.15) is 60.4 Å². The van der Waals surface area contributed by atoms with Crippen LogP contribution in [0.15, 0.2) is 45.3 Å². The molecule has 1 aliphatic rings. The number of carbonyl (C=O) groups is 1. The van der Waals surface area contributed by atoms with Crippen LogP contribution in [0.25, 0.3) is 0 Å². The number of halogens is 3. The van der Waals surface area contributed by atoms with E-state index in [1.807, 2.05) is 18.2 Å². The molecule has 1 saturated heterocycles. The van der Waals surface area contributed by atoms with E-state index in [-0.39, 0.29) is 47.5 Å². The molecule has 2 aromatic rings. The van der Waals surface area contributed by atoms with Gasteiger partial charge in [0.25, 0.3) is 0 Å². The number of hydrogen-bond acceptors (Lipinski definition) is 5. The fraction of sp³-hybridized carbons (Fsp3) is 0.391. The van der Waals surface area contributed by atoms with Gasteiger partial charge in [0, 0.05) is 23.2 Å². The monoisotopic (exact) mass is 648 g/mol. The molecular weight excluding hydrogens is 620 g/mol. The van der Waals surface area contributed by atoms with Crippen molar-refractivity contribution in [3.05, 3.63) is 69.5 Å². The van der Waals surface area contributed by atoms with Gasteiger partial charge in [0.1, 0.15) is 5.75 Å². The van der Waals surface area contributed by atoms with Crippen molar-refractivity contribution < 1.29 is 41.5 Å². The predicted molar refractivity (Wildman–Crippen MR) is 134 cm³/mol. The van der Waals surface area contributed by atoms with Crippen LogP contribution in [0.4, 0.5) is 0 Å². The Kier molecular flexibility index (Phi) is 23.3. The average molecular weight is 652 g/mol. The van der Waals surface area contributed by atoms with Gasteiger partial charge in [0.15, 0.2) is 6.29 Å². The topological polar surface area (TPSA) is 76.0 Å². The van der Waals surface area contributed by atoms with Crippen LogP contribution in [0.5, 0.6) is 5.75 Å². The Labute approximate surface area is 235 Å². The van der Waals surface area contributed by atoms with E-state index in [0.29, 0.717) is 15.8 Å². The molecule has 2 unspecified atom stereocenters. The van der Waals surface area contributed by atoms with Crippen molar-refractivity contribution in [2.45, 2.75) is 38.9 Å². The number of ether oxygens (including phenoxy) is 2. The predicted octanol–water partition coefficient (Wildman–Crippen LogP) is 2.70. The van der Waals surface area contributed by atoms with Gasteiger partial charge in [-0.15, -0.1) is 0 Å². The van der Waals surface area contributed by atoms with Gasteiger partial charge in [-0.3, -0.25) is 4.79 Å². The molecule has 2 atom stereocenters. The molecule has 1 aliphatic heterocycles. The van der Waals surface area contributed by atoms with E-state index in [9.17, 15) is 15.0 Å².